The van der Waals surface area contributed by atoms with E-state index >= 15 is 0 Å². The molecule has 0 aromatic rings. The molecule has 0 radical (unpaired) electrons. The lowest BCUT2D eigenvalue weighted by atomic mass is 9.43. The van der Waals surface area contributed by atoms with Gasteiger partial charge >= 0.3 is 0 Å². The van der Waals surface area contributed by atoms with Gasteiger partial charge in [-0.15, -0.1) is 0 Å². The SMILES string of the molecule is CC(C)CCC[C@H](C)[C@H]1CC[C@H]2[C@H]3CC4(OCCO4)[C@H]4CC(=O)CC[C@]4(C)[C@@H]3CC[C@]12C. The first-order valence-electron chi connectivity index (χ1n) is 14.0. The largest absolute Gasteiger partial charge is 0.347 e. The first-order chi connectivity index (χ1) is 15.2. The van der Waals surface area contributed by atoms with Gasteiger partial charge in [-0.25, -0.2) is 0 Å². The van der Waals surface area contributed by atoms with Crippen LogP contribution in [0.2, 0.25) is 0 Å². The molecule has 5 rings (SSSR count). The summed E-state index contributed by atoms with van der Waals surface area (Å²) >= 11 is 0. The molecule has 1 saturated heterocycles. The normalized spacial score (nSPS) is 46.2. The van der Waals surface area contributed by atoms with E-state index in [9.17, 15) is 4.79 Å². The monoisotopic (exact) mass is 444 g/mol. The molecule has 8 atom stereocenters. The maximum Gasteiger partial charge on any atom is 0.172 e. The molecule has 0 N–H and O–H groups in total. The van der Waals surface area contributed by atoms with Crippen molar-refractivity contribution in [2.45, 2.75) is 111 Å². The molecule has 0 bridgehead atoms. The lowest BCUT2D eigenvalue weighted by Gasteiger charge is -2.64. The molecule has 5 fully saturated rings. The second kappa shape index (κ2) is 8.36. The smallest absolute Gasteiger partial charge is 0.172 e. The number of ketones is 1. The number of ether oxygens (including phenoxy) is 2. The maximum atomic E-state index is 12.5. The Hall–Kier alpha value is -0.410. The Balaban J connectivity index is 1.40. The molecule has 4 saturated carbocycles. The third kappa shape index (κ3) is 3.55. The summed E-state index contributed by atoms with van der Waals surface area (Å²) in [5.41, 5.74) is 0.676. The molecule has 182 valence electrons. The fourth-order valence-corrected chi connectivity index (χ4v) is 9.92. The standard InChI is InChI=1S/C29H48O3/c1-19(2)7-6-8-20(3)23-9-10-24-22-18-29(31-15-16-32-29)26-17-21(30)11-13-28(26,5)25(22)12-14-27(23,24)4/h19-20,22-26H,6-18H2,1-5H3/t20-,22+,23+,24-,25+,26-,27+,28+/m0/s1. The highest BCUT2D eigenvalue weighted by Gasteiger charge is 2.67. The Morgan fingerprint density at radius 1 is 0.938 bits per heavy atom. The molecule has 0 amide bonds. The highest BCUT2D eigenvalue weighted by atomic mass is 16.7. The maximum absolute atomic E-state index is 12.5. The minimum absolute atomic E-state index is 0.198. The van der Waals surface area contributed by atoms with Crippen LogP contribution in [0.1, 0.15) is 105 Å². The number of carbonyl (C=O) groups is 1. The highest BCUT2D eigenvalue weighted by molar-refractivity contribution is 5.80. The van der Waals surface area contributed by atoms with Crippen LogP contribution in [0.3, 0.4) is 0 Å². The molecule has 1 aliphatic heterocycles. The number of Topliss-reactive ketones (excluding diaryl/α,β-unsaturated/α-hetero) is 1. The third-order valence-electron chi connectivity index (χ3n) is 11.5. The number of hydrogen-bond donors (Lipinski definition) is 0. The van der Waals surface area contributed by atoms with Crippen molar-refractivity contribution in [2.24, 2.45) is 52.3 Å². The molecule has 0 unspecified atom stereocenters. The van der Waals surface area contributed by atoms with Crippen LogP contribution in [-0.4, -0.2) is 24.8 Å². The Morgan fingerprint density at radius 2 is 1.66 bits per heavy atom. The van der Waals surface area contributed by atoms with Crippen LogP contribution in [0.4, 0.5) is 0 Å². The average molecular weight is 445 g/mol. The van der Waals surface area contributed by atoms with Gasteiger partial charge in [0.1, 0.15) is 5.78 Å². The second-order valence-electron chi connectivity index (χ2n) is 13.4. The Kier molecular flexibility index (Phi) is 6.10. The molecule has 0 aromatic heterocycles. The van der Waals surface area contributed by atoms with Crippen LogP contribution in [0.25, 0.3) is 0 Å². The minimum Gasteiger partial charge on any atom is -0.347 e. The summed E-state index contributed by atoms with van der Waals surface area (Å²) in [6.45, 7) is 13.9. The molecule has 0 aromatic carbocycles. The van der Waals surface area contributed by atoms with E-state index in [4.69, 9.17) is 9.47 Å². The van der Waals surface area contributed by atoms with Crippen LogP contribution < -0.4 is 0 Å². The molecular formula is C29H48O3. The van der Waals surface area contributed by atoms with E-state index in [1.807, 2.05) is 0 Å². The zero-order valence-electron chi connectivity index (χ0n) is 21.5. The van der Waals surface area contributed by atoms with Crippen molar-refractivity contribution in [1.82, 2.24) is 0 Å². The number of carbonyl (C=O) groups excluding carboxylic acids is 1. The first kappa shape index (κ1) is 23.3. The number of rotatable bonds is 5. The highest BCUT2D eigenvalue weighted by Crippen LogP contribution is 2.70. The van der Waals surface area contributed by atoms with Gasteiger partial charge in [0.15, 0.2) is 5.79 Å². The van der Waals surface area contributed by atoms with Gasteiger partial charge in [0.05, 0.1) is 13.2 Å². The first-order valence-corrected chi connectivity index (χ1v) is 14.0. The van der Waals surface area contributed by atoms with Gasteiger partial charge in [0.2, 0.25) is 0 Å². The van der Waals surface area contributed by atoms with Crippen molar-refractivity contribution in [3.63, 3.8) is 0 Å². The summed E-state index contributed by atoms with van der Waals surface area (Å²) in [4.78, 5) is 12.5. The van der Waals surface area contributed by atoms with Gasteiger partial charge in [-0.3, -0.25) is 4.79 Å². The van der Waals surface area contributed by atoms with Gasteiger partial charge in [0, 0.05) is 25.2 Å². The zero-order chi connectivity index (χ0) is 22.7. The van der Waals surface area contributed by atoms with Gasteiger partial charge in [-0.05, 0) is 78.4 Å². The van der Waals surface area contributed by atoms with E-state index in [-0.39, 0.29) is 11.3 Å². The van der Waals surface area contributed by atoms with E-state index in [1.54, 1.807) is 0 Å². The summed E-state index contributed by atoms with van der Waals surface area (Å²) in [7, 11) is 0. The molecule has 32 heavy (non-hydrogen) atoms. The van der Waals surface area contributed by atoms with Crippen LogP contribution >= 0.6 is 0 Å². The molecule has 1 spiro atoms. The molecule has 3 heteroatoms. The molecule has 5 aliphatic rings. The fourth-order valence-electron chi connectivity index (χ4n) is 9.92. The van der Waals surface area contributed by atoms with Gasteiger partial charge in [-0.1, -0.05) is 53.9 Å². The van der Waals surface area contributed by atoms with Crippen molar-refractivity contribution in [3.05, 3.63) is 0 Å². The van der Waals surface area contributed by atoms with Gasteiger partial charge in [0.25, 0.3) is 0 Å². The van der Waals surface area contributed by atoms with E-state index in [1.165, 1.54) is 44.9 Å². The quantitative estimate of drug-likeness (QED) is 0.456. The van der Waals surface area contributed by atoms with Crippen molar-refractivity contribution in [3.8, 4) is 0 Å². The fraction of sp³-hybridized carbons (Fsp3) is 0.966. The van der Waals surface area contributed by atoms with Crippen molar-refractivity contribution < 1.29 is 14.3 Å². The van der Waals surface area contributed by atoms with E-state index in [0.29, 0.717) is 36.8 Å². The Morgan fingerprint density at radius 3 is 2.38 bits per heavy atom. The summed E-state index contributed by atoms with van der Waals surface area (Å²) in [6, 6.07) is 0. The third-order valence-corrected chi connectivity index (χ3v) is 11.5. The van der Waals surface area contributed by atoms with Crippen LogP contribution in [0, 0.1) is 52.3 Å². The van der Waals surface area contributed by atoms with E-state index in [0.717, 1.165) is 48.9 Å². The van der Waals surface area contributed by atoms with Crippen LogP contribution in [-0.2, 0) is 14.3 Å². The van der Waals surface area contributed by atoms with Crippen LogP contribution in [0.15, 0.2) is 0 Å². The predicted molar refractivity (Wildman–Crippen MR) is 128 cm³/mol. The molecule has 1 heterocycles. The Labute approximate surface area is 196 Å². The van der Waals surface area contributed by atoms with Crippen molar-refractivity contribution in [1.29, 1.82) is 0 Å². The van der Waals surface area contributed by atoms with E-state index in [2.05, 4.69) is 34.6 Å². The van der Waals surface area contributed by atoms with Crippen molar-refractivity contribution >= 4 is 5.78 Å². The lowest BCUT2D eigenvalue weighted by Crippen LogP contribution is -2.63. The lowest BCUT2D eigenvalue weighted by molar-refractivity contribution is -0.289. The average Bonchev–Trinajstić information content (AvgIpc) is 3.34. The van der Waals surface area contributed by atoms with Gasteiger partial charge < -0.3 is 9.47 Å². The summed E-state index contributed by atoms with van der Waals surface area (Å²) in [5.74, 6) is 5.00. The Bertz CT molecular complexity index is 709. The minimum atomic E-state index is -0.481. The van der Waals surface area contributed by atoms with Gasteiger partial charge in [-0.2, -0.15) is 0 Å². The molecule has 3 nitrogen and oxygen atoms in total. The molecular weight excluding hydrogens is 396 g/mol. The summed E-state index contributed by atoms with van der Waals surface area (Å²) in [6.07, 6.45) is 13.3. The van der Waals surface area contributed by atoms with E-state index < -0.39 is 5.79 Å². The topological polar surface area (TPSA) is 35.5 Å². The summed E-state index contributed by atoms with van der Waals surface area (Å²) in [5, 5.41) is 0. The summed E-state index contributed by atoms with van der Waals surface area (Å²) < 4.78 is 12.9. The number of hydrogen-bond acceptors (Lipinski definition) is 3. The second-order valence-corrected chi connectivity index (χ2v) is 13.4. The van der Waals surface area contributed by atoms with Crippen LogP contribution in [0.5, 0.6) is 0 Å². The van der Waals surface area contributed by atoms with Crippen molar-refractivity contribution in [2.75, 3.05) is 13.2 Å². The number of fused-ring (bicyclic) bond motifs is 6. The predicted octanol–water partition coefficient (Wildman–Crippen LogP) is 7.03. The molecule has 4 aliphatic carbocycles. The zero-order valence-corrected chi connectivity index (χ0v) is 21.5.